The summed E-state index contributed by atoms with van der Waals surface area (Å²) in [4.78, 5) is 0. The Morgan fingerprint density at radius 3 is 0.810 bits per heavy atom. The zero-order valence-electron chi connectivity index (χ0n) is 34.9. The molecule has 3 heteroatoms. The van der Waals surface area contributed by atoms with E-state index in [1.165, 1.54) is 105 Å². The van der Waals surface area contributed by atoms with Crippen molar-refractivity contribution >= 4 is 69.3 Å². The molecule has 0 nitrogen and oxygen atoms in total. The summed E-state index contributed by atoms with van der Waals surface area (Å²) in [5.41, 5.74) is 24.7. The minimum absolute atomic E-state index is 0.0241. The average molecular weight is 794 g/mol. The van der Waals surface area contributed by atoms with E-state index in [-0.39, 0.29) is 20.1 Å². The highest BCUT2D eigenvalue weighted by molar-refractivity contribution is 7.13. The Labute approximate surface area is 371 Å². The first-order valence-corrected chi connectivity index (χ1v) is 22.2. The van der Waals surface area contributed by atoms with E-state index < -0.39 is 0 Å². The quantitative estimate of drug-likeness (QED) is 0.149. The van der Waals surface area contributed by atoms with Gasteiger partial charge in [-0.25, -0.2) is 0 Å². The molecule has 2 heterocycles. The summed E-state index contributed by atoms with van der Waals surface area (Å²) in [6, 6.07) is 93.2. The van der Waals surface area contributed by atoms with Crippen molar-refractivity contribution in [2.75, 3.05) is 0 Å². The molecule has 10 aromatic rings. The molecule has 12 rings (SSSR count). The Kier molecular flexibility index (Phi) is 9.26. The maximum atomic E-state index is 2.45. The molecular formula is C60H41B3. The van der Waals surface area contributed by atoms with Crippen molar-refractivity contribution in [2.24, 2.45) is 0 Å². The van der Waals surface area contributed by atoms with Crippen molar-refractivity contribution in [3.63, 3.8) is 0 Å². The summed E-state index contributed by atoms with van der Waals surface area (Å²) in [6.45, 7) is -0.224. The molecule has 0 unspecified atom stereocenters. The Morgan fingerprint density at radius 2 is 0.413 bits per heavy atom. The van der Waals surface area contributed by atoms with Crippen LogP contribution < -0.4 is 49.2 Å². The maximum Gasteiger partial charge on any atom is 0.241 e. The first-order chi connectivity index (χ1) is 31.3. The summed E-state index contributed by atoms with van der Waals surface area (Å²) in [7, 11) is 0. The monoisotopic (exact) mass is 794 g/mol. The van der Waals surface area contributed by atoms with Crippen LogP contribution in [0.1, 0.15) is 0 Å². The number of benzene rings is 10. The van der Waals surface area contributed by atoms with E-state index in [9.17, 15) is 0 Å². The lowest BCUT2D eigenvalue weighted by molar-refractivity contribution is 1.61. The van der Waals surface area contributed by atoms with Crippen molar-refractivity contribution in [2.45, 2.75) is 0 Å². The van der Waals surface area contributed by atoms with E-state index in [2.05, 4.69) is 249 Å². The van der Waals surface area contributed by atoms with Crippen molar-refractivity contribution in [3.8, 4) is 55.6 Å². The highest BCUT2D eigenvalue weighted by Gasteiger charge is 2.45. The van der Waals surface area contributed by atoms with Crippen LogP contribution in [0.25, 0.3) is 55.6 Å². The molecular weight excluding hydrogens is 753 g/mol. The number of fused-ring (bicyclic) bond motifs is 6. The Balaban J connectivity index is 1.28. The Morgan fingerprint density at radius 1 is 0.159 bits per heavy atom. The summed E-state index contributed by atoms with van der Waals surface area (Å²) in [5.74, 6) is 0. The molecule has 0 N–H and O–H groups in total. The van der Waals surface area contributed by atoms with Crippen LogP contribution in [0.3, 0.4) is 0 Å². The van der Waals surface area contributed by atoms with Gasteiger partial charge < -0.3 is 0 Å². The van der Waals surface area contributed by atoms with Crippen molar-refractivity contribution in [1.82, 2.24) is 0 Å². The zero-order valence-corrected chi connectivity index (χ0v) is 34.9. The summed E-state index contributed by atoms with van der Waals surface area (Å²) < 4.78 is 0. The van der Waals surface area contributed by atoms with Gasteiger partial charge in [-0.2, -0.15) is 0 Å². The summed E-state index contributed by atoms with van der Waals surface area (Å²) in [5, 5.41) is 0. The molecule has 0 spiro atoms. The van der Waals surface area contributed by atoms with Gasteiger partial charge in [0.1, 0.15) is 0 Å². The van der Waals surface area contributed by atoms with E-state index in [1.54, 1.807) is 0 Å². The normalized spacial score (nSPS) is 12.3. The predicted octanol–water partition coefficient (Wildman–Crippen LogP) is 8.20. The van der Waals surface area contributed by atoms with E-state index in [0.717, 1.165) is 0 Å². The van der Waals surface area contributed by atoms with Gasteiger partial charge in [0.05, 0.1) is 0 Å². The second kappa shape index (κ2) is 15.7. The highest BCUT2D eigenvalue weighted by Crippen LogP contribution is 2.30. The van der Waals surface area contributed by atoms with E-state index in [0.29, 0.717) is 0 Å². The van der Waals surface area contributed by atoms with Crippen molar-refractivity contribution in [1.29, 1.82) is 0 Å². The minimum Gasteiger partial charge on any atom is -0.0733 e. The molecule has 0 saturated carbocycles. The molecule has 0 radical (unpaired) electrons. The van der Waals surface area contributed by atoms with Gasteiger partial charge in [0.15, 0.2) is 0 Å². The summed E-state index contributed by atoms with van der Waals surface area (Å²) in [6.07, 6.45) is 0. The van der Waals surface area contributed by atoms with Crippen LogP contribution in [0.15, 0.2) is 249 Å². The van der Waals surface area contributed by atoms with Gasteiger partial charge in [0.25, 0.3) is 0 Å². The molecule has 2 aliphatic heterocycles. The average Bonchev–Trinajstić information content (AvgIpc) is 3.72. The molecule has 2 aliphatic rings. The van der Waals surface area contributed by atoms with Gasteiger partial charge in [-0.3, -0.25) is 0 Å². The van der Waals surface area contributed by atoms with Crippen LogP contribution in [0.5, 0.6) is 0 Å². The highest BCUT2D eigenvalue weighted by atomic mass is 14.2. The van der Waals surface area contributed by atoms with E-state index in [1.807, 2.05) is 0 Å². The van der Waals surface area contributed by atoms with Crippen LogP contribution in [-0.4, -0.2) is 20.1 Å². The van der Waals surface area contributed by atoms with Gasteiger partial charge in [0, 0.05) is 0 Å². The molecule has 10 aromatic carbocycles. The lowest BCUT2D eigenvalue weighted by Crippen LogP contribution is -2.67. The predicted molar refractivity (Wildman–Crippen MR) is 273 cm³/mol. The third-order valence-electron chi connectivity index (χ3n) is 13.7. The Hall–Kier alpha value is -7.61. The fourth-order valence-electron chi connectivity index (χ4n) is 11.1. The largest absolute Gasteiger partial charge is 0.241 e. The smallest absolute Gasteiger partial charge is 0.0733 e. The molecule has 0 aliphatic carbocycles. The number of hydrogen-bond acceptors (Lipinski definition) is 0. The molecule has 0 fully saturated rings. The van der Waals surface area contributed by atoms with Gasteiger partial charge in [-0.15, -0.1) is 0 Å². The second-order valence-corrected chi connectivity index (χ2v) is 17.0. The van der Waals surface area contributed by atoms with Gasteiger partial charge >= 0.3 is 0 Å². The third-order valence-corrected chi connectivity index (χ3v) is 13.7. The van der Waals surface area contributed by atoms with Crippen LogP contribution in [0, 0.1) is 0 Å². The molecule has 0 aromatic heterocycles. The molecule has 63 heavy (non-hydrogen) atoms. The first kappa shape index (κ1) is 37.2. The molecule has 0 saturated heterocycles. The molecule has 0 amide bonds. The van der Waals surface area contributed by atoms with Crippen molar-refractivity contribution < 1.29 is 0 Å². The Bertz CT molecular complexity index is 3170. The van der Waals surface area contributed by atoms with E-state index >= 15 is 0 Å². The topological polar surface area (TPSA) is 0 Å². The van der Waals surface area contributed by atoms with Crippen molar-refractivity contribution in [3.05, 3.63) is 249 Å². The van der Waals surface area contributed by atoms with Crippen LogP contribution in [-0.2, 0) is 0 Å². The van der Waals surface area contributed by atoms with Gasteiger partial charge in [-0.1, -0.05) is 298 Å². The van der Waals surface area contributed by atoms with Crippen LogP contribution in [0.2, 0.25) is 0 Å². The lowest BCUT2D eigenvalue weighted by Gasteiger charge is -2.29. The fourth-order valence-corrected chi connectivity index (χ4v) is 11.1. The fraction of sp³-hybridized carbons (Fsp3) is 0. The van der Waals surface area contributed by atoms with Gasteiger partial charge in [-0.05, 0) is 55.6 Å². The third kappa shape index (κ3) is 6.18. The molecule has 0 atom stereocenters. The lowest BCUT2D eigenvalue weighted by atomic mass is 9.27. The maximum absolute atomic E-state index is 2.45. The second-order valence-electron chi connectivity index (χ2n) is 17.0. The standard InChI is InChI=1S/C60H41B3/c1-5-22-42(23-6-1)46-31-19-32-47(43-24-7-2-8-25-43)58(46)62-54-38-16-15-37-53(54)61-52-36-14-13-30-50(52)51-35-21-41-57(60(51)61)63(56-40-18-17-39-55(56)62)59-48(44-26-9-3-10-27-44)33-20-34-49(59)45-28-11-4-12-29-45/h1-41H. The number of rotatable bonds is 6. The SMILES string of the molecule is c1ccc(-c2cccc(-c3ccccc3)c2B2c3ccccc3B3c4ccccc4-c4cccc(c43)B(c3c(-c4ccccc4)cccc3-c3ccccc3)c3ccccc32)cc1. The molecule has 0 bridgehead atoms. The van der Waals surface area contributed by atoms with E-state index in [4.69, 9.17) is 0 Å². The zero-order chi connectivity index (χ0) is 41.7. The number of hydrogen-bond donors (Lipinski definition) is 0. The summed E-state index contributed by atoms with van der Waals surface area (Å²) >= 11 is 0. The first-order valence-electron chi connectivity index (χ1n) is 22.2. The van der Waals surface area contributed by atoms with Gasteiger partial charge in [0.2, 0.25) is 20.1 Å². The molecule has 290 valence electrons. The van der Waals surface area contributed by atoms with Crippen LogP contribution >= 0.6 is 0 Å². The van der Waals surface area contributed by atoms with Crippen LogP contribution in [0.4, 0.5) is 0 Å². The minimum atomic E-state index is -0.125.